The van der Waals surface area contributed by atoms with Gasteiger partial charge in [-0.15, -0.1) is 0 Å². The summed E-state index contributed by atoms with van der Waals surface area (Å²) in [5, 5.41) is 0. The van der Waals surface area contributed by atoms with Crippen molar-refractivity contribution in [1.82, 2.24) is 9.21 Å². The summed E-state index contributed by atoms with van der Waals surface area (Å²) >= 11 is 0. The Morgan fingerprint density at radius 2 is 1.57 bits per heavy atom. The number of amides is 1. The lowest BCUT2D eigenvalue weighted by Crippen LogP contribution is -2.58. The zero-order valence-corrected chi connectivity index (χ0v) is 17.7. The minimum absolute atomic E-state index is 0.0481. The van der Waals surface area contributed by atoms with Crippen molar-refractivity contribution in [2.45, 2.75) is 81.7 Å². The molecule has 0 bridgehead atoms. The zero-order valence-electron chi connectivity index (χ0n) is 16.8. The summed E-state index contributed by atoms with van der Waals surface area (Å²) in [5.74, 6) is 0.657. The van der Waals surface area contributed by atoms with E-state index in [1.807, 2.05) is 19.1 Å². The van der Waals surface area contributed by atoms with E-state index < -0.39 is 16.1 Å². The molecule has 5 nitrogen and oxygen atoms in total. The second-order valence-corrected chi connectivity index (χ2v) is 10.6. The molecule has 0 aromatic heterocycles. The summed E-state index contributed by atoms with van der Waals surface area (Å²) in [7, 11) is -3.66. The van der Waals surface area contributed by atoms with Gasteiger partial charge in [-0.2, -0.15) is 4.31 Å². The normalized spacial score (nSPS) is 29.3. The highest BCUT2D eigenvalue weighted by molar-refractivity contribution is 7.89. The maximum Gasteiger partial charge on any atom is 0.243 e. The van der Waals surface area contributed by atoms with Gasteiger partial charge in [-0.25, -0.2) is 8.42 Å². The Morgan fingerprint density at radius 1 is 0.893 bits per heavy atom. The molecule has 3 aliphatic rings. The number of benzene rings is 1. The van der Waals surface area contributed by atoms with Gasteiger partial charge < -0.3 is 4.90 Å². The van der Waals surface area contributed by atoms with Crippen molar-refractivity contribution in [3.8, 4) is 0 Å². The molecule has 1 saturated carbocycles. The van der Waals surface area contributed by atoms with E-state index in [0.717, 1.165) is 37.8 Å². The molecular formula is C22H32N2O3S. The molecule has 2 aliphatic heterocycles. The molecule has 1 aliphatic carbocycles. The van der Waals surface area contributed by atoms with E-state index in [1.165, 1.54) is 30.0 Å². The highest BCUT2D eigenvalue weighted by Gasteiger charge is 2.43. The van der Waals surface area contributed by atoms with Crippen LogP contribution in [-0.2, 0) is 14.8 Å². The average molecular weight is 405 g/mol. The molecule has 0 N–H and O–H groups in total. The highest BCUT2D eigenvalue weighted by Crippen LogP contribution is 2.37. The summed E-state index contributed by atoms with van der Waals surface area (Å²) in [6, 6.07) is 6.76. The molecule has 1 amide bonds. The Bertz CT molecular complexity index is 804. The summed E-state index contributed by atoms with van der Waals surface area (Å²) in [6.45, 7) is 3.17. The van der Waals surface area contributed by atoms with Crippen LogP contribution in [0, 0.1) is 12.8 Å². The molecule has 1 aromatic rings. The van der Waals surface area contributed by atoms with Crippen molar-refractivity contribution in [2.24, 2.45) is 5.92 Å². The number of hydrogen-bond donors (Lipinski definition) is 0. The summed E-state index contributed by atoms with van der Waals surface area (Å²) in [4.78, 5) is 15.9. The Kier molecular flexibility index (Phi) is 5.79. The van der Waals surface area contributed by atoms with Crippen LogP contribution >= 0.6 is 0 Å². The smallest absolute Gasteiger partial charge is 0.243 e. The van der Waals surface area contributed by atoms with Crippen LogP contribution in [0.2, 0.25) is 0 Å². The fourth-order valence-electron chi connectivity index (χ4n) is 5.37. The van der Waals surface area contributed by atoms with Gasteiger partial charge in [0.05, 0.1) is 4.90 Å². The van der Waals surface area contributed by atoms with E-state index in [4.69, 9.17) is 0 Å². The molecule has 3 atom stereocenters. The highest BCUT2D eigenvalue weighted by atomic mass is 32.2. The van der Waals surface area contributed by atoms with Gasteiger partial charge >= 0.3 is 0 Å². The largest absolute Gasteiger partial charge is 0.338 e. The van der Waals surface area contributed by atoms with Gasteiger partial charge in [0.25, 0.3) is 0 Å². The number of hydrogen-bond acceptors (Lipinski definition) is 3. The van der Waals surface area contributed by atoms with Crippen LogP contribution in [0.3, 0.4) is 0 Å². The molecule has 6 heteroatoms. The van der Waals surface area contributed by atoms with Crippen molar-refractivity contribution >= 4 is 15.9 Å². The van der Waals surface area contributed by atoms with Gasteiger partial charge in [0.2, 0.25) is 15.9 Å². The molecule has 0 unspecified atom stereocenters. The van der Waals surface area contributed by atoms with Crippen LogP contribution < -0.4 is 0 Å². The zero-order chi connectivity index (χ0) is 19.7. The van der Waals surface area contributed by atoms with Gasteiger partial charge in [0.1, 0.15) is 6.04 Å². The van der Waals surface area contributed by atoms with E-state index in [1.54, 1.807) is 12.1 Å². The number of carbonyl (C=O) groups excluding carboxylic acids is 1. The predicted molar refractivity (Wildman–Crippen MR) is 109 cm³/mol. The van der Waals surface area contributed by atoms with Crippen LogP contribution in [0.1, 0.15) is 63.4 Å². The van der Waals surface area contributed by atoms with Crippen LogP contribution in [0.4, 0.5) is 0 Å². The van der Waals surface area contributed by atoms with Crippen molar-refractivity contribution in [3.63, 3.8) is 0 Å². The standard InChI is InChI=1S/C22H32N2O3S/c1-17-11-13-19(14-12-17)28(26,27)24-16-5-4-10-21(24)22(25)23-15-6-8-18-7-2-3-9-20(18)23/h11-14,18,20-21H,2-10,15-16H2,1H3/t18-,20-,21+/m0/s1. The first-order valence-corrected chi connectivity index (χ1v) is 12.3. The fourth-order valence-corrected chi connectivity index (χ4v) is 7.03. The van der Waals surface area contributed by atoms with E-state index in [0.29, 0.717) is 29.8 Å². The van der Waals surface area contributed by atoms with Gasteiger partial charge in [0, 0.05) is 19.1 Å². The molecule has 2 saturated heterocycles. The molecule has 28 heavy (non-hydrogen) atoms. The maximum absolute atomic E-state index is 13.6. The molecule has 154 valence electrons. The average Bonchev–Trinajstić information content (AvgIpc) is 2.73. The Balaban J connectivity index is 1.59. The second-order valence-electron chi connectivity index (χ2n) is 8.73. The van der Waals surface area contributed by atoms with E-state index >= 15 is 0 Å². The molecule has 4 rings (SSSR count). The third-order valence-corrected chi connectivity index (χ3v) is 8.82. The molecule has 0 radical (unpaired) electrons. The second kappa shape index (κ2) is 8.15. The number of nitrogens with zero attached hydrogens (tertiary/aromatic N) is 2. The monoisotopic (exact) mass is 404 g/mol. The third kappa shape index (κ3) is 3.73. The minimum atomic E-state index is -3.66. The van der Waals surface area contributed by atoms with Gasteiger partial charge in [-0.05, 0) is 63.5 Å². The number of likely N-dealkylation sites (tertiary alicyclic amines) is 1. The van der Waals surface area contributed by atoms with Crippen LogP contribution in [0.5, 0.6) is 0 Å². The van der Waals surface area contributed by atoms with Crippen molar-refractivity contribution in [2.75, 3.05) is 13.1 Å². The van der Waals surface area contributed by atoms with Crippen LogP contribution in [0.25, 0.3) is 0 Å². The number of sulfonamides is 1. The molecule has 0 spiro atoms. The molecular weight excluding hydrogens is 372 g/mol. The Labute approximate surface area is 169 Å². The number of carbonyl (C=O) groups is 1. The van der Waals surface area contributed by atoms with Crippen molar-refractivity contribution in [3.05, 3.63) is 29.8 Å². The quantitative estimate of drug-likeness (QED) is 0.771. The maximum atomic E-state index is 13.6. The number of piperidine rings is 2. The van der Waals surface area contributed by atoms with E-state index in [9.17, 15) is 13.2 Å². The van der Waals surface area contributed by atoms with E-state index in [2.05, 4.69) is 4.90 Å². The Morgan fingerprint density at radius 3 is 2.36 bits per heavy atom. The van der Waals surface area contributed by atoms with Crippen molar-refractivity contribution in [1.29, 1.82) is 0 Å². The van der Waals surface area contributed by atoms with Gasteiger partial charge in [0.15, 0.2) is 0 Å². The SMILES string of the molecule is Cc1ccc(S(=O)(=O)N2CCCC[C@@H]2C(=O)N2CCC[C@@H]3CCCC[C@@H]32)cc1. The predicted octanol–water partition coefficient (Wildman–Crippen LogP) is 3.72. The topological polar surface area (TPSA) is 57.7 Å². The lowest BCUT2D eigenvalue weighted by atomic mass is 9.78. The first-order chi connectivity index (χ1) is 13.5. The molecule has 3 fully saturated rings. The summed E-state index contributed by atoms with van der Waals surface area (Å²) < 4.78 is 28.2. The lowest BCUT2D eigenvalue weighted by Gasteiger charge is -2.46. The summed E-state index contributed by atoms with van der Waals surface area (Å²) in [5.41, 5.74) is 1.03. The van der Waals surface area contributed by atoms with Gasteiger partial charge in [-0.3, -0.25) is 4.79 Å². The van der Waals surface area contributed by atoms with Gasteiger partial charge in [-0.1, -0.05) is 37.0 Å². The van der Waals surface area contributed by atoms with Crippen molar-refractivity contribution < 1.29 is 13.2 Å². The van der Waals surface area contributed by atoms with Crippen LogP contribution in [0.15, 0.2) is 29.2 Å². The third-order valence-electron chi connectivity index (χ3n) is 6.89. The molecule has 2 heterocycles. The lowest BCUT2D eigenvalue weighted by molar-refractivity contribution is -0.142. The number of rotatable bonds is 3. The number of aryl methyl sites for hydroxylation is 1. The Hall–Kier alpha value is -1.40. The number of fused-ring (bicyclic) bond motifs is 1. The fraction of sp³-hybridized carbons (Fsp3) is 0.682. The first kappa shape index (κ1) is 19.9. The summed E-state index contributed by atoms with van der Waals surface area (Å²) in [6.07, 6.45) is 9.37. The minimum Gasteiger partial charge on any atom is -0.338 e. The molecule has 1 aromatic carbocycles. The van der Waals surface area contributed by atoms with E-state index in [-0.39, 0.29) is 5.91 Å². The van der Waals surface area contributed by atoms with Crippen LogP contribution in [-0.4, -0.2) is 48.7 Å². The first-order valence-electron chi connectivity index (χ1n) is 10.9.